The number of ketones is 1. The van der Waals surface area contributed by atoms with E-state index in [0.29, 0.717) is 17.1 Å². The Morgan fingerprint density at radius 3 is 2.13 bits per heavy atom. The van der Waals surface area contributed by atoms with E-state index in [9.17, 15) is 13.2 Å². The summed E-state index contributed by atoms with van der Waals surface area (Å²) < 4.78 is 26.9. The Morgan fingerprint density at radius 2 is 1.65 bits per heavy atom. The molecule has 0 atom stereocenters. The number of nitrogens with one attached hydrogen (secondary N) is 2. The smallest absolute Gasteiger partial charge is 0.301 e. The van der Waals surface area contributed by atoms with Crippen molar-refractivity contribution in [1.82, 2.24) is 9.29 Å². The average molecular weight is 334 g/mol. The molecule has 0 aliphatic rings. The van der Waals surface area contributed by atoms with E-state index in [-0.39, 0.29) is 5.78 Å². The van der Waals surface area contributed by atoms with Crippen LogP contribution in [0.15, 0.2) is 42.6 Å². The van der Waals surface area contributed by atoms with Crippen molar-refractivity contribution in [1.29, 1.82) is 0 Å². The Hall–Kier alpha value is -2.45. The van der Waals surface area contributed by atoms with Crippen LogP contribution < -0.4 is 10.0 Å². The molecule has 1 aromatic carbocycles. The van der Waals surface area contributed by atoms with Gasteiger partial charge in [0.1, 0.15) is 5.82 Å². The third-order valence-corrected chi connectivity index (χ3v) is 4.51. The van der Waals surface area contributed by atoms with Gasteiger partial charge in [0.2, 0.25) is 0 Å². The maximum Gasteiger partial charge on any atom is 0.301 e. The lowest BCUT2D eigenvalue weighted by molar-refractivity contribution is 0.101. The maximum absolute atomic E-state index is 11.7. The van der Waals surface area contributed by atoms with Gasteiger partial charge in [0.05, 0.1) is 11.9 Å². The van der Waals surface area contributed by atoms with Crippen molar-refractivity contribution in [2.24, 2.45) is 0 Å². The van der Waals surface area contributed by atoms with Crippen LogP contribution >= 0.6 is 0 Å². The quantitative estimate of drug-likeness (QED) is 0.791. The topological polar surface area (TPSA) is 91.4 Å². The normalized spacial score (nSPS) is 11.3. The molecule has 0 fully saturated rings. The lowest BCUT2D eigenvalue weighted by Crippen LogP contribution is -2.28. The van der Waals surface area contributed by atoms with E-state index in [0.717, 1.165) is 9.99 Å². The van der Waals surface area contributed by atoms with Crippen molar-refractivity contribution < 1.29 is 13.2 Å². The number of pyridine rings is 1. The van der Waals surface area contributed by atoms with Crippen molar-refractivity contribution in [3.05, 3.63) is 48.2 Å². The number of anilines is 3. The molecule has 2 aromatic rings. The molecule has 0 spiro atoms. The Morgan fingerprint density at radius 1 is 1.04 bits per heavy atom. The summed E-state index contributed by atoms with van der Waals surface area (Å²) in [5.41, 5.74) is 1.79. The van der Waals surface area contributed by atoms with E-state index in [1.54, 1.807) is 36.4 Å². The molecule has 2 rings (SSSR count). The zero-order valence-electron chi connectivity index (χ0n) is 13.1. The Bertz CT molecular complexity index is 784. The van der Waals surface area contributed by atoms with Gasteiger partial charge in [-0.1, -0.05) is 0 Å². The molecule has 0 amide bonds. The summed E-state index contributed by atoms with van der Waals surface area (Å²) in [5, 5.41) is 3.07. The second-order valence-electron chi connectivity index (χ2n) is 5.08. The fourth-order valence-electron chi connectivity index (χ4n) is 1.70. The van der Waals surface area contributed by atoms with Gasteiger partial charge < -0.3 is 5.32 Å². The first-order valence-electron chi connectivity index (χ1n) is 6.82. The summed E-state index contributed by atoms with van der Waals surface area (Å²) in [5.74, 6) is 0.570. The molecule has 7 nitrogen and oxygen atoms in total. The minimum Gasteiger partial charge on any atom is -0.340 e. The second kappa shape index (κ2) is 6.76. The Kier molecular flexibility index (Phi) is 4.97. The summed E-state index contributed by atoms with van der Waals surface area (Å²) in [6.45, 7) is 1.51. The lowest BCUT2D eigenvalue weighted by Gasteiger charge is -2.13. The fourth-order valence-corrected chi connectivity index (χ4v) is 2.31. The molecular formula is C15H18N4O3S. The average Bonchev–Trinajstić information content (AvgIpc) is 2.49. The standard InChI is InChI=1S/C15H18N4O3S/c1-11(20)12-4-6-13(7-5-12)17-15-9-8-14(10-16-15)18-23(21,22)19(2)3/h4-10,18H,1-3H3,(H,16,17). The van der Waals surface area contributed by atoms with Gasteiger partial charge in [-0.15, -0.1) is 0 Å². The number of hydrogen-bond donors (Lipinski definition) is 2. The van der Waals surface area contributed by atoms with Crippen molar-refractivity contribution in [2.75, 3.05) is 24.1 Å². The number of nitrogens with zero attached hydrogens (tertiary/aromatic N) is 2. The molecule has 0 bridgehead atoms. The van der Waals surface area contributed by atoms with Crippen molar-refractivity contribution >= 4 is 33.2 Å². The molecule has 2 N–H and O–H groups in total. The zero-order chi connectivity index (χ0) is 17.0. The van der Waals surface area contributed by atoms with Crippen LogP contribution in [0, 0.1) is 0 Å². The molecule has 8 heteroatoms. The van der Waals surface area contributed by atoms with Gasteiger partial charge in [-0.3, -0.25) is 9.52 Å². The molecule has 0 aliphatic carbocycles. The number of rotatable bonds is 6. The maximum atomic E-state index is 11.7. The number of carbonyl (C=O) groups is 1. The van der Waals surface area contributed by atoms with Crippen molar-refractivity contribution in [2.45, 2.75) is 6.92 Å². The zero-order valence-corrected chi connectivity index (χ0v) is 13.9. The van der Waals surface area contributed by atoms with E-state index in [1.165, 1.54) is 27.2 Å². The van der Waals surface area contributed by atoms with Crippen molar-refractivity contribution in [3.8, 4) is 0 Å². The van der Waals surface area contributed by atoms with Gasteiger partial charge >= 0.3 is 10.2 Å². The van der Waals surface area contributed by atoms with Crippen LogP contribution in [0.4, 0.5) is 17.2 Å². The highest BCUT2D eigenvalue weighted by molar-refractivity contribution is 7.90. The largest absolute Gasteiger partial charge is 0.340 e. The third kappa shape index (κ3) is 4.51. The Balaban J connectivity index is 2.07. The molecule has 0 unspecified atom stereocenters. The molecule has 0 saturated carbocycles. The fraction of sp³-hybridized carbons (Fsp3) is 0.200. The SMILES string of the molecule is CC(=O)c1ccc(Nc2ccc(NS(=O)(=O)N(C)C)cn2)cc1. The van der Waals surface area contributed by atoms with Gasteiger partial charge in [0, 0.05) is 25.3 Å². The van der Waals surface area contributed by atoms with Gasteiger partial charge in [0.15, 0.2) is 5.78 Å². The molecule has 122 valence electrons. The van der Waals surface area contributed by atoms with Crippen LogP contribution in [-0.4, -0.2) is 37.6 Å². The number of hydrogen-bond acceptors (Lipinski definition) is 5. The number of Topliss-reactive ketones (excluding diaryl/α,β-unsaturated/α-hetero) is 1. The molecule has 0 saturated heterocycles. The van der Waals surface area contributed by atoms with Crippen LogP contribution in [-0.2, 0) is 10.2 Å². The van der Waals surface area contributed by atoms with Gasteiger partial charge in [-0.25, -0.2) is 4.98 Å². The van der Waals surface area contributed by atoms with Gasteiger partial charge in [-0.2, -0.15) is 12.7 Å². The molecule has 23 heavy (non-hydrogen) atoms. The van der Waals surface area contributed by atoms with Crippen LogP contribution in [0.1, 0.15) is 17.3 Å². The lowest BCUT2D eigenvalue weighted by atomic mass is 10.1. The number of carbonyl (C=O) groups excluding carboxylic acids is 1. The molecule has 1 heterocycles. The third-order valence-electron chi connectivity index (χ3n) is 3.05. The summed E-state index contributed by atoms with van der Waals surface area (Å²) in [6.07, 6.45) is 1.42. The summed E-state index contributed by atoms with van der Waals surface area (Å²) in [7, 11) is -0.663. The monoisotopic (exact) mass is 334 g/mol. The molecule has 0 aliphatic heterocycles. The van der Waals surface area contributed by atoms with E-state index in [1.807, 2.05) is 0 Å². The van der Waals surface area contributed by atoms with Crippen LogP contribution in [0.3, 0.4) is 0 Å². The van der Waals surface area contributed by atoms with E-state index < -0.39 is 10.2 Å². The van der Waals surface area contributed by atoms with Crippen LogP contribution in [0.5, 0.6) is 0 Å². The second-order valence-corrected chi connectivity index (χ2v) is 6.96. The van der Waals surface area contributed by atoms with E-state index >= 15 is 0 Å². The summed E-state index contributed by atoms with van der Waals surface area (Å²) >= 11 is 0. The van der Waals surface area contributed by atoms with Gasteiger partial charge in [-0.05, 0) is 43.3 Å². The predicted molar refractivity (Wildman–Crippen MR) is 90.2 cm³/mol. The molecule has 0 radical (unpaired) electrons. The minimum absolute atomic E-state index is 0.00667. The highest BCUT2D eigenvalue weighted by Crippen LogP contribution is 2.17. The first kappa shape index (κ1) is 16.9. The molecular weight excluding hydrogens is 316 g/mol. The number of benzene rings is 1. The summed E-state index contributed by atoms with van der Waals surface area (Å²) in [4.78, 5) is 15.4. The summed E-state index contributed by atoms with van der Waals surface area (Å²) in [6, 6.07) is 10.3. The van der Waals surface area contributed by atoms with Crippen molar-refractivity contribution in [3.63, 3.8) is 0 Å². The highest BCUT2D eigenvalue weighted by atomic mass is 32.2. The molecule has 1 aromatic heterocycles. The van der Waals surface area contributed by atoms with E-state index in [4.69, 9.17) is 0 Å². The van der Waals surface area contributed by atoms with Crippen LogP contribution in [0.2, 0.25) is 0 Å². The Labute approximate surface area is 135 Å². The van der Waals surface area contributed by atoms with E-state index in [2.05, 4.69) is 15.0 Å². The van der Waals surface area contributed by atoms with Crippen LogP contribution in [0.25, 0.3) is 0 Å². The van der Waals surface area contributed by atoms with Gasteiger partial charge in [0.25, 0.3) is 0 Å². The first-order valence-corrected chi connectivity index (χ1v) is 8.26. The minimum atomic E-state index is -3.54. The first-order chi connectivity index (χ1) is 10.8. The number of aromatic nitrogens is 1. The highest BCUT2D eigenvalue weighted by Gasteiger charge is 2.12. The predicted octanol–water partition coefficient (Wildman–Crippen LogP) is 2.25.